The van der Waals surface area contributed by atoms with Crippen LogP contribution in [0.4, 0.5) is 8.78 Å². The van der Waals surface area contributed by atoms with Gasteiger partial charge in [-0.1, -0.05) is 33.6 Å². The Morgan fingerprint density at radius 3 is 2.30 bits per heavy atom. The fourth-order valence-corrected chi connectivity index (χ4v) is 3.11. The summed E-state index contributed by atoms with van der Waals surface area (Å²) >= 11 is 9.17. The van der Waals surface area contributed by atoms with Crippen LogP contribution in [0.5, 0.6) is 0 Å². The first kappa shape index (κ1) is 20.3. The minimum Gasteiger partial charge on any atom is -0.314 e. The summed E-state index contributed by atoms with van der Waals surface area (Å²) in [6, 6.07) is 4.11. The van der Waals surface area contributed by atoms with E-state index in [0.29, 0.717) is 28.1 Å². The summed E-state index contributed by atoms with van der Waals surface area (Å²) in [5, 5.41) is 3.71. The van der Waals surface area contributed by atoms with Crippen molar-refractivity contribution >= 4 is 52.3 Å². The first-order valence-electron chi connectivity index (χ1n) is 5.77. The van der Waals surface area contributed by atoms with E-state index < -0.39 is 12.5 Å². The topological polar surface area (TPSA) is 15.3 Å². The molecule has 2 nitrogen and oxygen atoms in total. The van der Waals surface area contributed by atoms with Gasteiger partial charge in [0.2, 0.25) is 0 Å². The lowest BCUT2D eigenvalue weighted by atomic mass is 10.0. The quantitative estimate of drug-likeness (QED) is 0.802. The standard InChI is InChI=1S/C12H14BrClF2N2.2ClH/c13-10-7-8(14)1-2-9(10)11(12(15)16)18-5-3-17-4-6-18;;/h1-2,7,11-12,17H,3-6H2;2*1H/t11-;;/m1../s1. The fourth-order valence-electron chi connectivity index (χ4n) is 2.19. The fraction of sp³-hybridized carbons (Fsp3) is 0.500. The molecule has 1 saturated heterocycles. The van der Waals surface area contributed by atoms with Crippen LogP contribution in [0.3, 0.4) is 0 Å². The summed E-state index contributed by atoms with van der Waals surface area (Å²) in [6.07, 6.45) is -2.42. The Morgan fingerprint density at radius 1 is 1.20 bits per heavy atom. The smallest absolute Gasteiger partial charge is 0.258 e. The monoisotopic (exact) mass is 410 g/mol. The van der Waals surface area contributed by atoms with Crippen molar-refractivity contribution < 1.29 is 8.78 Å². The Hall–Kier alpha value is 0.350. The van der Waals surface area contributed by atoms with Crippen molar-refractivity contribution in [1.29, 1.82) is 0 Å². The second-order valence-corrected chi connectivity index (χ2v) is 5.52. The molecule has 0 amide bonds. The van der Waals surface area contributed by atoms with Gasteiger partial charge in [0.05, 0.1) is 6.04 Å². The Balaban J connectivity index is 0.00000180. The lowest BCUT2D eigenvalue weighted by Gasteiger charge is -2.35. The highest BCUT2D eigenvalue weighted by atomic mass is 79.9. The minimum absolute atomic E-state index is 0. The highest BCUT2D eigenvalue weighted by molar-refractivity contribution is 9.10. The molecular weight excluding hydrogens is 396 g/mol. The SMILES string of the molecule is Cl.Cl.FC(F)[C@@H](c1ccc(Cl)cc1Br)N1CCNCC1. The van der Waals surface area contributed by atoms with Crippen LogP contribution in [0.25, 0.3) is 0 Å². The maximum atomic E-state index is 13.3. The molecule has 1 aliphatic rings. The zero-order chi connectivity index (χ0) is 13.1. The molecule has 0 spiro atoms. The Kier molecular flexibility index (Phi) is 9.55. The van der Waals surface area contributed by atoms with Gasteiger partial charge in [-0.3, -0.25) is 4.90 Å². The van der Waals surface area contributed by atoms with Gasteiger partial charge in [0, 0.05) is 35.7 Å². The highest BCUT2D eigenvalue weighted by Gasteiger charge is 2.31. The molecule has 0 radical (unpaired) electrons. The van der Waals surface area contributed by atoms with E-state index in [-0.39, 0.29) is 24.8 Å². The minimum atomic E-state index is -2.42. The van der Waals surface area contributed by atoms with Crippen LogP contribution in [-0.2, 0) is 0 Å². The number of benzene rings is 1. The first-order valence-corrected chi connectivity index (χ1v) is 6.94. The van der Waals surface area contributed by atoms with Gasteiger partial charge in [-0.2, -0.15) is 0 Å². The Morgan fingerprint density at radius 2 is 1.80 bits per heavy atom. The van der Waals surface area contributed by atoms with Crippen LogP contribution >= 0.6 is 52.3 Å². The molecule has 1 aromatic carbocycles. The van der Waals surface area contributed by atoms with Crippen molar-refractivity contribution in [3.05, 3.63) is 33.3 Å². The summed E-state index contributed by atoms with van der Waals surface area (Å²) in [7, 11) is 0. The molecule has 1 fully saturated rings. The van der Waals surface area contributed by atoms with Crippen LogP contribution in [0, 0.1) is 0 Å². The van der Waals surface area contributed by atoms with Gasteiger partial charge >= 0.3 is 0 Å². The van der Waals surface area contributed by atoms with Gasteiger partial charge in [-0.25, -0.2) is 8.78 Å². The molecule has 1 atom stereocenters. The zero-order valence-corrected chi connectivity index (χ0v) is 14.5. The van der Waals surface area contributed by atoms with E-state index in [2.05, 4.69) is 21.2 Å². The lowest BCUT2D eigenvalue weighted by molar-refractivity contribution is 0.0178. The molecule has 116 valence electrons. The highest BCUT2D eigenvalue weighted by Crippen LogP contribution is 2.34. The molecule has 1 aromatic rings. The van der Waals surface area contributed by atoms with Gasteiger partial charge in [-0.05, 0) is 17.7 Å². The third-order valence-electron chi connectivity index (χ3n) is 3.06. The van der Waals surface area contributed by atoms with Crippen molar-refractivity contribution in [2.75, 3.05) is 26.2 Å². The summed E-state index contributed by atoms with van der Waals surface area (Å²) < 4.78 is 27.3. The summed E-state index contributed by atoms with van der Waals surface area (Å²) in [6.45, 7) is 2.75. The Bertz CT molecular complexity index is 418. The van der Waals surface area contributed by atoms with Crippen LogP contribution in [0.2, 0.25) is 5.02 Å². The van der Waals surface area contributed by atoms with E-state index in [4.69, 9.17) is 11.6 Å². The van der Waals surface area contributed by atoms with E-state index in [0.717, 1.165) is 13.1 Å². The summed E-state index contributed by atoms with van der Waals surface area (Å²) in [5.74, 6) is 0. The second kappa shape index (κ2) is 9.38. The van der Waals surface area contributed by atoms with Crippen molar-refractivity contribution in [3.63, 3.8) is 0 Å². The number of hydrogen-bond donors (Lipinski definition) is 1. The van der Waals surface area contributed by atoms with E-state index in [9.17, 15) is 8.78 Å². The van der Waals surface area contributed by atoms with Gasteiger partial charge in [-0.15, -0.1) is 24.8 Å². The maximum Gasteiger partial charge on any atom is 0.258 e. The predicted octanol–water partition coefficient (Wildman–Crippen LogP) is 4.16. The number of nitrogens with zero attached hydrogens (tertiary/aromatic N) is 1. The van der Waals surface area contributed by atoms with Gasteiger partial charge in [0.25, 0.3) is 6.43 Å². The van der Waals surface area contributed by atoms with E-state index >= 15 is 0 Å². The molecule has 8 heteroatoms. The van der Waals surface area contributed by atoms with Gasteiger partial charge in [0.15, 0.2) is 0 Å². The third kappa shape index (κ3) is 4.97. The molecule has 1 heterocycles. The lowest BCUT2D eigenvalue weighted by Crippen LogP contribution is -2.47. The number of halogens is 6. The van der Waals surface area contributed by atoms with E-state index in [1.165, 1.54) is 0 Å². The number of hydrogen-bond acceptors (Lipinski definition) is 2. The van der Waals surface area contributed by atoms with E-state index in [1.807, 2.05) is 4.90 Å². The number of nitrogens with one attached hydrogen (secondary N) is 1. The molecule has 0 unspecified atom stereocenters. The molecule has 1 aliphatic heterocycles. The second-order valence-electron chi connectivity index (χ2n) is 4.23. The molecule has 20 heavy (non-hydrogen) atoms. The predicted molar refractivity (Wildman–Crippen MR) is 86.8 cm³/mol. The summed E-state index contributed by atoms with van der Waals surface area (Å²) in [4.78, 5) is 1.81. The average Bonchev–Trinajstić information content (AvgIpc) is 2.33. The van der Waals surface area contributed by atoms with Crippen molar-refractivity contribution in [3.8, 4) is 0 Å². The molecule has 0 bridgehead atoms. The zero-order valence-electron chi connectivity index (χ0n) is 10.5. The normalized spacial score (nSPS) is 17.2. The number of rotatable bonds is 3. The molecular formula is C12H16BrCl3F2N2. The van der Waals surface area contributed by atoms with E-state index in [1.54, 1.807) is 18.2 Å². The first-order chi connectivity index (χ1) is 8.59. The number of alkyl halides is 2. The van der Waals surface area contributed by atoms with Crippen molar-refractivity contribution in [1.82, 2.24) is 10.2 Å². The summed E-state index contributed by atoms with van der Waals surface area (Å²) in [5.41, 5.74) is 0.594. The van der Waals surface area contributed by atoms with Crippen LogP contribution in [0.15, 0.2) is 22.7 Å². The van der Waals surface area contributed by atoms with Gasteiger partial charge < -0.3 is 5.32 Å². The molecule has 0 aliphatic carbocycles. The van der Waals surface area contributed by atoms with Crippen LogP contribution in [-0.4, -0.2) is 37.5 Å². The number of piperazine rings is 1. The van der Waals surface area contributed by atoms with Gasteiger partial charge in [0.1, 0.15) is 0 Å². The third-order valence-corrected chi connectivity index (χ3v) is 3.99. The Labute approximate surface area is 143 Å². The van der Waals surface area contributed by atoms with Crippen LogP contribution < -0.4 is 5.32 Å². The molecule has 2 rings (SSSR count). The maximum absolute atomic E-state index is 13.3. The largest absolute Gasteiger partial charge is 0.314 e. The van der Waals surface area contributed by atoms with Crippen molar-refractivity contribution in [2.24, 2.45) is 0 Å². The molecule has 1 N–H and O–H groups in total. The molecule has 0 aromatic heterocycles. The molecule has 0 saturated carbocycles. The average molecular weight is 413 g/mol. The van der Waals surface area contributed by atoms with Crippen molar-refractivity contribution in [2.45, 2.75) is 12.5 Å². The van der Waals surface area contributed by atoms with Crippen LogP contribution in [0.1, 0.15) is 11.6 Å².